The second-order valence-electron chi connectivity index (χ2n) is 3.64. The summed E-state index contributed by atoms with van der Waals surface area (Å²) in [6, 6.07) is 5.81. The minimum Gasteiger partial charge on any atom is -0.493 e. The van der Waals surface area contributed by atoms with Gasteiger partial charge in [-0.1, -0.05) is 6.07 Å². The van der Waals surface area contributed by atoms with E-state index in [0.29, 0.717) is 25.6 Å². The fraction of sp³-hybridized carbons (Fsp3) is 0.500. The number of methoxy groups -OCH3 is 1. The molecule has 1 heterocycles. The molecule has 0 saturated carbocycles. The van der Waals surface area contributed by atoms with Crippen molar-refractivity contribution < 1.29 is 18.9 Å². The van der Waals surface area contributed by atoms with Crippen molar-refractivity contribution in [3.63, 3.8) is 0 Å². The van der Waals surface area contributed by atoms with Crippen LogP contribution in [0.25, 0.3) is 0 Å². The highest BCUT2D eigenvalue weighted by Crippen LogP contribution is 2.28. The fourth-order valence-corrected chi connectivity index (χ4v) is 1.56. The zero-order chi connectivity index (χ0) is 11.4. The minimum atomic E-state index is -0.258. The van der Waals surface area contributed by atoms with Crippen molar-refractivity contribution in [1.29, 1.82) is 0 Å². The van der Waals surface area contributed by atoms with Gasteiger partial charge in [0.2, 0.25) is 0 Å². The quantitative estimate of drug-likeness (QED) is 0.780. The van der Waals surface area contributed by atoms with E-state index in [-0.39, 0.29) is 6.29 Å². The summed E-state index contributed by atoms with van der Waals surface area (Å²) in [5.74, 6) is 1.45. The van der Waals surface area contributed by atoms with Crippen LogP contribution >= 0.6 is 0 Å². The van der Waals surface area contributed by atoms with Gasteiger partial charge >= 0.3 is 0 Å². The largest absolute Gasteiger partial charge is 0.493 e. The van der Waals surface area contributed by atoms with Crippen LogP contribution in [0.3, 0.4) is 0 Å². The lowest BCUT2D eigenvalue weighted by Crippen LogP contribution is -2.18. The number of hydrogen-bond acceptors (Lipinski definition) is 4. The second kappa shape index (κ2) is 5.18. The molecule has 1 aliphatic heterocycles. The maximum absolute atomic E-state index is 5.59. The third-order valence-corrected chi connectivity index (χ3v) is 2.38. The standard InChI is InChI=1S/C12H16O4/c1-9-3-4-10(11(7-9)13-2)16-8-12-14-5-6-15-12/h3-4,7,12H,5-6,8H2,1-2H3. The first-order valence-electron chi connectivity index (χ1n) is 5.30. The summed E-state index contributed by atoms with van der Waals surface area (Å²) in [5.41, 5.74) is 1.14. The summed E-state index contributed by atoms with van der Waals surface area (Å²) in [5, 5.41) is 0. The average molecular weight is 224 g/mol. The molecular formula is C12H16O4. The highest BCUT2D eigenvalue weighted by molar-refractivity contribution is 5.42. The molecule has 0 atom stereocenters. The summed E-state index contributed by atoms with van der Waals surface area (Å²) < 4.78 is 21.4. The predicted octanol–water partition coefficient (Wildman–Crippen LogP) is 1.76. The molecule has 4 nitrogen and oxygen atoms in total. The average Bonchev–Trinajstić information content (AvgIpc) is 2.80. The molecule has 2 rings (SSSR count). The lowest BCUT2D eigenvalue weighted by atomic mass is 10.2. The molecule has 16 heavy (non-hydrogen) atoms. The molecule has 0 bridgehead atoms. The van der Waals surface area contributed by atoms with Crippen molar-refractivity contribution >= 4 is 0 Å². The van der Waals surface area contributed by atoms with E-state index >= 15 is 0 Å². The van der Waals surface area contributed by atoms with E-state index in [2.05, 4.69) is 0 Å². The van der Waals surface area contributed by atoms with Crippen LogP contribution in [0.1, 0.15) is 5.56 Å². The van der Waals surface area contributed by atoms with Gasteiger partial charge in [0.1, 0.15) is 6.61 Å². The molecule has 1 saturated heterocycles. The first-order chi connectivity index (χ1) is 7.79. The Morgan fingerprint density at radius 1 is 1.25 bits per heavy atom. The molecule has 0 aromatic heterocycles. The van der Waals surface area contributed by atoms with Crippen molar-refractivity contribution in [1.82, 2.24) is 0 Å². The van der Waals surface area contributed by atoms with E-state index in [1.54, 1.807) is 7.11 Å². The molecule has 0 N–H and O–H groups in total. The van der Waals surface area contributed by atoms with E-state index in [9.17, 15) is 0 Å². The van der Waals surface area contributed by atoms with Gasteiger partial charge in [-0.3, -0.25) is 0 Å². The van der Waals surface area contributed by atoms with Crippen molar-refractivity contribution in [2.75, 3.05) is 26.9 Å². The predicted molar refractivity (Wildman–Crippen MR) is 58.9 cm³/mol. The monoisotopic (exact) mass is 224 g/mol. The van der Waals surface area contributed by atoms with Crippen molar-refractivity contribution in [3.05, 3.63) is 23.8 Å². The molecule has 0 spiro atoms. The topological polar surface area (TPSA) is 36.9 Å². The Morgan fingerprint density at radius 2 is 2.00 bits per heavy atom. The molecule has 1 aromatic carbocycles. The first kappa shape index (κ1) is 11.2. The summed E-state index contributed by atoms with van der Waals surface area (Å²) in [6.07, 6.45) is -0.258. The van der Waals surface area contributed by atoms with Crippen LogP contribution in [-0.2, 0) is 9.47 Å². The molecular weight excluding hydrogens is 208 g/mol. The van der Waals surface area contributed by atoms with Crippen LogP contribution in [0.15, 0.2) is 18.2 Å². The van der Waals surface area contributed by atoms with Crippen LogP contribution in [0.4, 0.5) is 0 Å². The van der Waals surface area contributed by atoms with Gasteiger partial charge in [0.05, 0.1) is 20.3 Å². The van der Waals surface area contributed by atoms with Gasteiger partial charge in [-0.15, -0.1) is 0 Å². The highest BCUT2D eigenvalue weighted by atomic mass is 16.7. The zero-order valence-corrected chi connectivity index (χ0v) is 9.56. The van der Waals surface area contributed by atoms with Gasteiger partial charge in [0.15, 0.2) is 17.8 Å². The maximum Gasteiger partial charge on any atom is 0.191 e. The summed E-state index contributed by atoms with van der Waals surface area (Å²) in [4.78, 5) is 0. The SMILES string of the molecule is COc1cc(C)ccc1OCC1OCCO1. The number of rotatable bonds is 4. The third-order valence-electron chi connectivity index (χ3n) is 2.38. The molecule has 0 radical (unpaired) electrons. The number of benzene rings is 1. The Balaban J connectivity index is 1.97. The smallest absolute Gasteiger partial charge is 0.191 e. The Kier molecular flexibility index (Phi) is 3.64. The van der Waals surface area contributed by atoms with Gasteiger partial charge in [-0.25, -0.2) is 0 Å². The molecule has 0 aliphatic carbocycles. The Bertz CT molecular complexity index is 345. The number of hydrogen-bond donors (Lipinski definition) is 0. The third kappa shape index (κ3) is 2.65. The first-order valence-corrected chi connectivity index (χ1v) is 5.30. The Morgan fingerprint density at radius 3 is 2.69 bits per heavy atom. The van der Waals surface area contributed by atoms with Gasteiger partial charge in [-0.05, 0) is 24.6 Å². The zero-order valence-electron chi connectivity index (χ0n) is 9.56. The molecule has 4 heteroatoms. The fourth-order valence-electron chi connectivity index (χ4n) is 1.56. The second-order valence-corrected chi connectivity index (χ2v) is 3.64. The van der Waals surface area contributed by atoms with Crippen LogP contribution in [0.5, 0.6) is 11.5 Å². The molecule has 1 fully saturated rings. The molecule has 1 aromatic rings. The van der Waals surface area contributed by atoms with Crippen molar-refractivity contribution in [3.8, 4) is 11.5 Å². The lowest BCUT2D eigenvalue weighted by molar-refractivity contribution is -0.0687. The van der Waals surface area contributed by atoms with E-state index < -0.39 is 0 Å². The molecule has 1 aliphatic rings. The summed E-state index contributed by atoms with van der Waals surface area (Å²) in [6.45, 7) is 3.67. The molecule has 0 amide bonds. The maximum atomic E-state index is 5.59. The van der Waals surface area contributed by atoms with Crippen molar-refractivity contribution in [2.24, 2.45) is 0 Å². The van der Waals surface area contributed by atoms with E-state index in [1.165, 1.54) is 0 Å². The molecule has 0 unspecified atom stereocenters. The van der Waals surface area contributed by atoms with Gasteiger partial charge in [0.25, 0.3) is 0 Å². The highest BCUT2D eigenvalue weighted by Gasteiger charge is 2.17. The van der Waals surface area contributed by atoms with E-state index in [0.717, 1.165) is 11.3 Å². The van der Waals surface area contributed by atoms with Crippen LogP contribution in [-0.4, -0.2) is 33.2 Å². The summed E-state index contributed by atoms with van der Waals surface area (Å²) >= 11 is 0. The van der Waals surface area contributed by atoms with Crippen LogP contribution < -0.4 is 9.47 Å². The van der Waals surface area contributed by atoms with Crippen LogP contribution in [0, 0.1) is 6.92 Å². The minimum absolute atomic E-state index is 0.258. The van der Waals surface area contributed by atoms with Crippen LogP contribution in [0.2, 0.25) is 0 Å². The Labute approximate surface area is 95.1 Å². The normalized spacial score (nSPS) is 16.4. The lowest BCUT2D eigenvalue weighted by Gasteiger charge is -2.13. The summed E-state index contributed by atoms with van der Waals surface area (Å²) in [7, 11) is 1.63. The Hall–Kier alpha value is -1.26. The van der Waals surface area contributed by atoms with E-state index in [4.69, 9.17) is 18.9 Å². The van der Waals surface area contributed by atoms with Crippen molar-refractivity contribution in [2.45, 2.75) is 13.2 Å². The van der Waals surface area contributed by atoms with E-state index in [1.807, 2.05) is 25.1 Å². The number of aryl methyl sites for hydroxylation is 1. The van der Waals surface area contributed by atoms with Gasteiger partial charge in [0, 0.05) is 0 Å². The number of ether oxygens (including phenoxy) is 4. The molecule has 88 valence electrons. The van der Waals surface area contributed by atoms with Gasteiger partial charge in [-0.2, -0.15) is 0 Å². The van der Waals surface area contributed by atoms with Gasteiger partial charge < -0.3 is 18.9 Å².